The molecule has 2 atom stereocenters. The molecule has 2 fully saturated rings. The molecule has 1 heterocycles. The zero-order chi connectivity index (χ0) is 22.1. The number of benzene rings is 1. The van der Waals surface area contributed by atoms with Crippen LogP contribution in [-0.2, 0) is 16.1 Å². The summed E-state index contributed by atoms with van der Waals surface area (Å²) in [5.41, 5.74) is 2.18. The lowest BCUT2D eigenvalue weighted by Crippen LogP contribution is -2.53. The maximum Gasteiger partial charge on any atom is 0.243 e. The Morgan fingerprint density at radius 1 is 1.19 bits per heavy atom. The molecule has 1 aliphatic carbocycles. The molecule has 6 nitrogen and oxygen atoms in total. The number of anilines is 1. The maximum absolute atomic E-state index is 13.0. The molecule has 31 heavy (non-hydrogen) atoms. The lowest BCUT2D eigenvalue weighted by molar-refractivity contribution is -0.129. The van der Waals surface area contributed by atoms with Crippen LogP contribution in [0.4, 0.5) is 5.69 Å². The van der Waals surface area contributed by atoms with E-state index in [1.54, 1.807) is 23.5 Å². The van der Waals surface area contributed by atoms with Gasteiger partial charge < -0.3 is 15.5 Å². The van der Waals surface area contributed by atoms with E-state index in [0.29, 0.717) is 12.3 Å². The first-order valence-electron chi connectivity index (χ1n) is 11.3. The Hall–Kier alpha value is -1.38. The van der Waals surface area contributed by atoms with Crippen molar-refractivity contribution in [2.45, 2.75) is 50.7 Å². The van der Waals surface area contributed by atoms with E-state index >= 15 is 0 Å². The van der Waals surface area contributed by atoms with E-state index < -0.39 is 6.04 Å². The summed E-state index contributed by atoms with van der Waals surface area (Å²) < 4.78 is 0. The highest BCUT2D eigenvalue weighted by Crippen LogP contribution is 2.27. The monoisotopic (exact) mass is 464 g/mol. The Labute approximate surface area is 195 Å². The van der Waals surface area contributed by atoms with Crippen molar-refractivity contribution in [2.75, 3.05) is 42.1 Å². The molecule has 1 aromatic carbocycles. The van der Waals surface area contributed by atoms with E-state index in [0.717, 1.165) is 34.6 Å². The fourth-order valence-corrected chi connectivity index (χ4v) is 6.16. The molecular formula is C23H36N4O2S2. The van der Waals surface area contributed by atoms with Crippen LogP contribution in [0.5, 0.6) is 0 Å². The molecule has 3 rings (SSSR count). The van der Waals surface area contributed by atoms with E-state index in [-0.39, 0.29) is 17.9 Å². The normalized spacial score (nSPS) is 20.3. The molecule has 8 heteroatoms. The summed E-state index contributed by atoms with van der Waals surface area (Å²) in [5, 5.41) is 9.22. The van der Waals surface area contributed by atoms with Gasteiger partial charge in [0.15, 0.2) is 0 Å². The fourth-order valence-electron chi connectivity index (χ4n) is 3.95. The number of nitrogens with zero attached hydrogens (tertiary/aromatic N) is 1. The van der Waals surface area contributed by atoms with Crippen LogP contribution in [0.15, 0.2) is 24.3 Å². The highest BCUT2D eigenvalue weighted by molar-refractivity contribution is 7.99. The third-order valence-electron chi connectivity index (χ3n) is 5.95. The third kappa shape index (κ3) is 7.91. The number of rotatable bonds is 10. The first-order chi connectivity index (χ1) is 15.0. The van der Waals surface area contributed by atoms with Gasteiger partial charge in [-0.1, -0.05) is 31.4 Å². The van der Waals surface area contributed by atoms with Crippen LogP contribution in [0.2, 0.25) is 0 Å². The molecule has 172 valence electrons. The van der Waals surface area contributed by atoms with Crippen LogP contribution in [0.3, 0.4) is 0 Å². The maximum atomic E-state index is 13.0. The molecule has 2 amide bonds. The summed E-state index contributed by atoms with van der Waals surface area (Å²) >= 11 is 3.51. The van der Waals surface area contributed by atoms with E-state index in [2.05, 4.69) is 16.0 Å². The minimum atomic E-state index is -0.505. The van der Waals surface area contributed by atoms with Crippen molar-refractivity contribution >= 4 is 41.0 Å². The van der Waals surface area contributed by atoms with Gasteiger partial charge in [-0.2, -0.15) is 11.8 Å². The Morgan fingerprint density at radius 3 is 2.58 bits per heavy atom. The molecule has 1 aliphatic heterocycles. The zero-order valence-electron chi connectivity index (χ0n) is 18.7. The molecule has 2 unspecified atom stereocenters. The second-order valence-corrected chi connectivity index (χ2v) is 10.8. The van der Waals surface area contributed by atoms with Crippen LogP contribution in [0.1, 0.15) is 37.7 Å². The van der Waals surface area contributed by atoms with Gasteiger partial charge in [-0.25, -0.2) is 0 Å². The molecule has 0 radical (unpaired) electrons. The zero-order valence-corrected chi connectivity index (χ0v) is 20.3. The average Bonchev–Trinajstić information content (AvgIpc) is 3.33. The highest BCUT2D eigenvalue weighted by atomic mass is 32.2. The quantitative estimate of drug-likeness (QED) is 0.495. The van der Waals surface area contributed by atoms with Gasteiger partial charge in [0.2, 0.25) is 11.8 Å². The predicted molar refractivity (Wildman–Crippen MR) is 133 cm³/mol. The number of amides is 2. The SMILES string of the molecule is CN(C)c1ccc(CNC(=O)C(CSCC2CCCCC2)NC(=O)C2CSCN2)cc1. The Bertz CT molecular complexity index is 702. The van der Waals surface area contributed by atoms with E-state index in [4.69, 9.17) is 0 Å². The van der Waals surface area contributed by atoms with Gasteiger partial charge in [0, 0.05) is 43.7 Å². The van der Waals surface area contributed by atoms with Crippen LogP contribution in [0.25, 0.3) is 0 Å². The number of nitrogens with one attached hydrogen (secondary N) is 3. The Balaban J connectivity index is 1.52. The van der Waals surface area contributed by atoms with Gasteiger partial charge in [-0.15, -0.1) is 11.8 Å². The van der Waals surface area contributed by atoms with Crippen LogP contribution in [-0.4, -0.2) is 61.1 Å². The van der Waals surface area contributed by atoms with Gasteiger partial charge in [-0.05, 0) is 42.2 Å². The largest absolute Gasteiger partial charge is 0.378 e. The van der Waals surface area contributed by atoms with Crippen LogP contribution in [0, 0.1) is 5.92 Å². The van der Waals surface area contributed by atoms with Crippen LogP contribution >= 0.6 is 23.5 Å². The molecular weight excluding hydrogens is 428 g/mol. The summed E-state index contributed by atoms with van der Waals surface area (Å²) in [6, 6.07) is 7.44. The molecule has 1 aromatic rings. The first-order valence-corrected chi connectivity index (χ1v) is 13.6. The van der Waals surface area contributed by atoms with Crippen molar-refractivity contribution in [3.8, 4) is 0 Å². The molecule has 1 saturated carbocycles. The summed E-state index contributed by atoms with van der Waals surface area (Å²) in [4.78, 5) is 27.6. The number of hydrogen-bond acceptors (Lipinski definition) is 6. The van der Waals surface area contributed by atoms with Crippen LogP contribution < -0.4 is 20.9 Å². The second-order valence-electron chi connectivity index (χ2n) is 8.65. The van der Waals surface area contributed by atoms with Crippen molar-refractivity contribution in [1.82, 2.24) is 16.0 Å². The minimum Gasteiger partial charge on any atom is -0.378 e. The molecule has 0 aromatic heterocycles. The second kappa shape index (κ2) is 12.6. The van der Waals surface area contributed by atoms with Crippen molar-refractivity contribution < 1.29 is 9.59 Å². The molecule has 0 spiro atoms. The summed E-state index contributed by atoms with van der Waals surface area (Å²) in [6.07, 6.45) is 6.59. The standard InChI is InChI=1S/C23H36N4O2S2/c1-27(2)19-10-8-17(9-11-19)12-24-22(28)21(26-23(29)20-14-31-16-25-20)15-30-13-18-6-4-3-5-7-18/h8-11,18,20-21,25H,3-7,12-16H2,1-2H3,(H,24,28)(H,26,29). The summed E-state index contributed by atoms with van der Waals surface area (Å²) in [7, 11) is 4.01. The molecule has 1 saturated heterocycles. The average molecular weight is 465 g/mol. The number of thioether (sulfide) groups is 2. The van der Waals surface area contributed by atoms with E-state index in [1.165, 1.54) is 32.1 Å². The fraction of sp³-hybridized carbons (Fsp3) is 0.652. The van der Waals surface area contributed by atoms with Crippen molar-refractivity contribution in [3.63, 3.8) is 0 Å². The smallest absolute Gasteiger partial charge is 0.243 e. The van der Waals surface area contributed by atoms with Gasteiger partial charge in [0.1, 0.15) is 6.04 Å². The molecule has 2 aliphatic rings. The third-order valence-corrected chi connectivity index (χ3v) is 8.16. The Kier molecular flexibility index (Phi) is 9.87. The van der Waals surface area contributed by atoms with E-state index in [9.17, 15) is 9.59 Å². The first kappa shape index (κ1) is 24.3. The molecule has 3 N–H and O–H groups in total. The lowest BCUT2D eigenvalue weighted by atomic mass is 9.91. The van der Waals surface area contributed by atoms with E-state index in [1.807, 2.05) is 43.3 Å². The van der Waals surface area contributed by atoms with Crippen molar-refractivity contribution in [3.05, 3.63) is 29.8 Å². The van der Waals surface area contributed by atoms with Crippen molar-refractivity contribution in [2.24, 2.45) is 5.92 Å². The predicted octanol–water partition coefficient (Wildman–Crippen LogP) is 2.83. The highest BCUT2D eigenvalue weighted by Gasteiger charge is 2.28. The summed E-state index contributed by atoms with van der Waals surface area (Å²) in [5.74, 6) is 3.81. The van der Waals surface area contributed by atoms with Gasteiger partial charge in [-0.3, -0.25) is 14.9 Å². The topological polar surface area (TPSA) is 73.5 Å². The number of hydrogen-bond donors (Lipinski definition) is 3. The van der Waals surface area contributed by atoms with Gasteiger partial charge >= 0.3 is 0 Å². The van der Waals surface area contributed by atoms with Crippen molar-refractivity contribution in [1.29, 1.82) is 0 Å². The lowest BCUT2D eigenvalue weighted by Gasteiger charge is -2.23. The summed E-state index contributed by atoms with van der Waals surface area (Å²) in [6.45, 7) is 0.462. The van der Waals surface area contributed by atoms with Gasteiger partial charge in [0.25, 0.3) is 0 Å². The molecule has 0 bridgehead atoms. The van der Waals surface area contributed by atoms with Gasteiger partial charge in [0.05, 0.1) is 6.04 Å². The number of carbonyl (C=O) groups is 2. The Morgan fingerprint density at radius 2 is 1.94 bits per heavy atom. The minimum absolute atomic E-state index is 0.0706. The number of carbonyl (C=O) groups excluding carboxylic acids is 2.